The minimum Gasteiger partial charge on any atom is -0.372 e. The van der Waals surface area contributed by atoms with Gasteiger partial charge < -0.3 is 14.6 Å². The summed E-state index contributed by atoms with van der Waals surface area (Å²) in [7, 11) is 1.96. The van der Waals surface area contributed by atoms with Crippen molar-refractivity contribution in [2.45, 2.75) is 31.9 Å². The normalized spacial score (nSPS) is 22.2. The molecule has 6 heteroatoms. The highest BCUT2D eigenvalue weighted by Gasteiger charge is 2.27. The van der Waals surface area contributed by atoms with Crippen molar-refractivity contribution in [3.05, 3.63) is 40.1 Å². The van der Waals surface area contributed by atoms with Gasteiger partial charge in [0.15, 0.2) is 0 Å². The van der Waals surface area contributed by atoms with Crippen LogP contribution in [0.25, 0.3) is 0 Å². The first-order valence-electron chi connectivity index (χ1n) is 7.08. The number of nitrogens with one attached hydrogen (secondary N) is 1. The molecule has 0 aliphatic carbocycles. The van der Waals surface area contributed by atoms with E-state index in [0.717, 1.165) is 29.0 Å². The molecular weight excluding hydrogens is 286 g/mol. The van der Waals surface area contributed by atoms with Gasteiger partial charge in [-0.05, 0) is 36.8 Å². The zero-order valence-electron chi connectivity index (χ0n) is 12.2. The van der Waals surface area contributed by atoms with Crippen molar-refractivity contribution in [3.63, 3.8) is 0 Å². The third-order valence-corrected chi connectivity index (χ3v) is 4.89. The van der Waals surface area contributed by atoms with Crippen LogP contribution >= 0.6 is 11.3 Å². The van der Waals surface area contributed by atoms with Gasteiger partial charge in [-0.3, -0.25) is 4.79 Å². The summed E-state index contributed by atoms with van der Waals surface area (Å²) in [4.78, 5) is 17.2. The summed E-state index contributed by atoms with van der Waals surface area (Å²) in [5.41, 5.74) is 2.09. The maximum atomic E-state index is 12.3. The third kappa shape index (κ3) is 3.01. The van der Waals surface area contributed by atoms with E-state index in [1.54, 1.807) is 6.33 Å². The van der Waals surface area contributed by atoms with Crippen molar-refractivity contribution < 1.29 is 9.53 Å². The highest BCUT2D eigenvalue weighted by molar-refractivity contribution is 7.12. The molecule has 5 nitrogen and oxygen atoms in total. The number of rotatable bonds is 3. The highest BCUT2D eigenvalue weighted by Crippen LogP contribution is 2.28. The Labute approximate surface area is 128 Å². The molecule has 0 saturated carbocycles. The van der Waals surface area contributed by atoms with Crippen molar-refractivity contribution in [1.82, 2.24) is 14.9 Å². The van der Waals surface area contributed by atoms with E-state index in [1.165, 1.54) is 11.3 Å². The first-order chi connectivity index (χ1) is 10.1. The van der Waals surface area contributed by atoms with Crippen LogP contribution in [0.4, 0.5) is 0 Å². The van der Waals surface area contributed by atoms with Gasteiger partial charge in [0.05, 0.1) is 23.1 Å². The number of nitrogens with zero attached hydrogens (tertiary/aromatic N) is 2. The van der Waals surface area contributed by atoms with Crippen LogP contribution in [-0.4, -0.2) is 28.1 Å². The van der Waals surface area contributed by atoms with Crippen molar-refractivity contribution in [3.8, 4) is 0 Å². The van der Waals surface area contributed by atoms with Crippen LogP contribution < -0.4 is 5.32 Å². The van der Waals surface area contributed by atoms with E-state index in [2.05, 4.69) is 10.3 Å². The molecule has 0 radical (unpaired) electrons. The maximum absolute atomic E-state index is 12.3. The molecule has 3 heterocycles. The average Bonchev–Trinajstić information content (AvgIpc) is 3.07. The van der Waals surface area contributed by atoms with Gasteiger partial charge in [-0.15, -0.1) is 11.3 Å². The number of thiophene rings is 1. The molecular formula is C15H19N3O2S. The summed E-state index contributed by atoms with van der Waals surface area (Å²) in [5.74, 6) is 0.0261. The maximum Gasteiger partial charge on any atom is 0.261 e. The molecule has 0 bridgehead atoms. The molecule has 3 rings (SSSR count). The van der Waals surface area contributed by atoms with Gasteiger partial charge in [-0.2, -0.15) is 0 Å². The van der Waals surface area contributed by atoms with E-state index in [-0.39, 0.29) is 18.1 Å². The number of ether oxygens (including phenoxy) is 1. The van der Waals surface area contributed by atoms with Crippen LogP contribution in [0.2, 0.25) is 0 Å². The molecule has 1 amide bonds. The molecule has 0 spiro atoms. The van der Waals surface area contributed by atoms with Crippen LogP contribution in [0, 0.1) is 6.92 Å². The minimum absolute atomic E-state index is 0.000910. The summed E-state index contributed by atoms with van der Waals surface area (Å²) in [6.45, 7) is 2.62. The zero-order valence-corrected chi connectivity index (χ0v) is 13.0. The largest absolute Gasteiger partial charge is 0.372 e. The monoisotopic (exact) mass is 305 g/mol. The highest BCUT2D eigenvalue weighted by atomic mass is 32.1. The van der Waals surface area contributed by atoms with Crippen molar-refractivity contribution in [2.24, 2.45) is 7.05 Å². The van der Waals surface area contributed by atoms with Gasteiger partial charge in [0.25, 0.3) is 5.91 Å². The second-order valence-electron chi connectivity index (χ2n) is 5.42. The summed E-state index contributed by atoms with van der Waals surface area (Å²) >= 11 is 1.49. The Morgan fingerprint density at radius 1 is 1.57 bits per heavy atom. The van der Waals surface area contributed by atoms with E-state index >= 15 is 0 Å². The molecule has 2 aromatic heterocycles. The summed E-state index contributed by atoms with van der Waals surface area (Å²) in [6.07, 6.45) is 5.25. The van der Waals surface area contributed by atoms with Crippen molar-refractivity contribution in [2.75, 3.05) is 6.61 Å². The van der Waals surface area contributed by atoms with E-state index in [1.807, 2.05) is 36.2 Å². The van der Waals surface area contributed by atoms with E-state index in [0.29, 0.717) is 6.61 Å². The number of aryl methyl sites for hydroxylation is 2. The van der Waals surface area contributed by atoms with E-state index < -0.39 is 0 Å². The predicted molar refractivity (Wildman–Crippen MR) is 81.4 cm³/mol. The van der Waals surface area contributed by atoms with Crippen LogP contribution in [0.5, 0.6) is 0 Å². The van der Waals surface area contributed by atoms with Gasteiger partial charge in [0.2, 0.25) is 0 Å². The fourth-order valence-corrected chi connectivity index (χ4v) is 3.50. The topological polar surface area (TPSA) is 56.1 Å². The lowest BCUT2D eigenvalue weighted by Gasteiger charge is -2.30. The Kier molecular flexibility index (Phi) is 4.07. The van der Waals surface area contributed by atoms with Gasteiger partial charge >= 0.3 is 0 Å². The number of carbonyl (C=O) groups is 1. The first kappa shape index (κ1) is 14.3. The summed E-state index contributed by atoms with van der Waals surface area (Å²) in [6, 6.07) is 2.12. The predicted octanol–water partition coefficient (Wildman–Crippen LogP) is 2.44. The molecule has 112 valence electrons. The lowest BCUT2D eigenvalue weighted by atomic mass is 10.0. The smallest absolute Gasteiger partial charge is 0.261 e. The molecule has 1 N–H and O–H groups in total. The standard InChI is InChI=1S/C15H19N3O2S/c1-10-4-6-21-14(10)15(19)17-11-3-5-20-13(7-11)12-8-16-9-18(12)2/h4,6,8-9,11,13H,3,5,7H2,1-2H3,(H,17,19). The van der Waals surface area contributed by atoms with Crippen molar-refractivity contribution >= 4 is 17.2 Å². The molecule has 2 unspecified atom stereocenters. The van der Waals surface area contributed by atoms with Gasteiger partial charge in [0.1, 0.15) is 6.10 Å². The first-order valence-corrected chi connectivity index (χ1v) is 7.96. The lowest BCUT2D eigenvalue weighted by Crippen LogP contribution is -2.40. The number of hydrogen-bond acceptors (Lipinski definition) is 4. The second-order valence-corrected chi connectivity index (χ2v) is 6.33. The summed E-state index contributed by atoms with van der Waals surface area (Å²) < 4.78 is 7.79. The van der Waals surface area contributed by atoms with Crippen LogP contribution in [0.1, 0.15) is 39.9 Å². The average molecular weight is 305 g/mol. The molecule has 1 aliphatic rings. The van der Waals surface area contributed by atoms with Crippen LogP contribution in [0.15, 0.2) is 24.0 Å². The third-order valence-electron chi connectivity index (χ3n) is 3.87. The molecule has 1 aliphatic heterocycles. The number of hydrogen-bond donors (Lipinski definition) is 1. The molecule has 1 fully saturated rings. The van der Waals surface area contributed by atoms with Crippen LogP contribution in [0.3, 0.4) is 0 Å². The molecule has 1 saturated heterocycles. The van der Waals surface area contributed by atoms with Crippen molar-refractivity contribution in [1.29, 1.82) is 0 Å². The number of imidazole rings is 1. The van der Waals surface area contributed by atoms with Crippen LogP contribution in [-0.2, 0) is 11.8 Å². The SMILES string of the molecule is Cc1ccsc1C(=O)NC1CCOC(c2cncn2C)C1. The quantitative estimate of drug-likeness (QED) is 0.947. The summed E-state index contributed by atoms with van der Waals surface area (Å²) in [5, 5.41) is 5.09. The number of carbonyl (C=O) groups excluding carboxylic acids is 1. The second kappa shape index (κ2) is 5.99. The fourth-order valence-electron chi connectivity index (χ4n) is 2.67. The van der Waals surface area contributed by atoms with Gasteiger partial charge in [0, 0.05) is 19.7 Å². The molecule has 2 aromatic rings. The van der Waals surface area contributed by atoms with E-state index in [4.69, 9.17) is 4.74 Å². The van der Waals surface area contributed by atoms with E-state index in [9.17, 15) is 4.79 Å². The number of aromatic nitrogens is 2. The molecule has 21 heavy (non-hydrogen) atoms. The Bertz CT molecular complexity index is 634. The Morgan fingerprint density at radius 2 is 2.43 bits per heavy atom. The van der Waals surface area contributed by atoms with Gasteiger partial charge in [-0.1, -0.05) is 0 Å². The fraction of sp³-hybridized carbons (Fsp3) is 0.467. The minimum atomic E-state index is 0.000910. The number of amides is 1. The molecule has 0 aromatic carbocycles. The van der Waals surface area contributed by atoms with Gasteiger partial charge in [-0.25, -0.2) is 4.98 Å². The lowest BCUT2D eigenvalue weighted by molar-refractivity contribution is -0.00299. The molecule has 2 atom stereocenters. The zero-order chi connectivity index (χ0) is 14.8. The Morgan fingerprint density at radius 3 is 3.10 bits per heavy atom. The Hall–Kier alpha value is -1.66. The Balaban J connectivity index is 1.66.